The van der Waals surface area contributed by atoms with E-state index < -0.39 is 44.0 Å². The summed E-state index contributed by atoms with van der Waals surface area (Å²) >= 11 is 0. The molecular weight excluding hydrogens is 281 g/mol. The van der Waals surface area contributed by atoms with Gasteiger partial charge in [-0.2, -0.15) is 4.31 Å². The van der Waals surface area contributed by atoms with Crippen molar-refractivity contribution in [3.8, 4) is 0 Å². The highest BCUT2D eigenvalue weighted by atomic mass is 32.2. The van der Waals surface area contributed by atoms with E-state index >= 15 is 0 Å². The molecule has 0 unspecified atom stereocenters. The lowest BCUT2D eigenvalue weighted by molar-refractivity contribution is 0.354. The van der Waals surface area contributed by atoms with Gasteiger partial charge in [-0.15, -0.1) is 0 Å². The Morgan fingerprint density at radius 3 is 1.61 bits per heavy atom. The molecule has 0 saturated heterocycles. The molecule has 0 saturated carbocycles. The van der Waals surface area contributed by atoms with Crippen LogP contribution in [0.25, 0.3) is 0 Å². The summed E-state index contributed by atoms with van der Waals surface area (Å²) < 4.78 is 88.2. The highest BCUT2D eigenvalue weighted by Crippen LogP contribution is 2.28. The Kier molecular flexibility index (Phi) is 3.96. The van der Waals surface area contributed by atoms with Crippen LogP contribution in [0.5, 0.6) is 0 Å². The van der Waals surface area contributed by atoms with E-state index in [0.717, 1.165) is 0 Å². The molecule has 0 heterocycles. The summed E-state index contributed by atoms with van der Waals surface area (Å²) in [7, 11) is -1.94. The van der Waals surface area contributed by atoms with Gasteiger partial charge in [-0.05, 0) is 0 Å². The molecule has 0 aliphatic carbocycles. The lowest BCUT2D eigenvalue weighted by Crippen LogP contribution is -2.27. The van der Waals surface area contributed by atoms with Crippen LogP contribution in [0.2, 0.25) is 0 Å². The SMILES string of the molecule is [CH2]N(CC)S(=O)(=O)c1c(F)c(F)c(F)c(F)c1F. The smallest absolute Gasteiger partial charge is 0.207 e. The van der Waals surface area contributed by atoms with Crippen LogP contribution in [-0.2, 0) is 10.0 Å². The Bertz CT molecular complexity index is 558. The largest absolute Gasteiger partial charge is 0.249 e. The second-order valence-electron chi connectivity index (χ2n) is 3.17. The van der Waals surface area contributed by atoms with Crippen LogP contribution < -0.4 is 0 Å². The molecule has 3 nitrogen and oxygen atoms in total. The third kappa shape index (κ3) is 2.07. The van der Waals surface area contributed by atoms with Gasteiger partial charge in [0.15, 0.2) is 28.2 Å². The van der Waals surface area contributed by atoms with E-state index in [1.165, 1.54) is 6.92 Å². The fraction of sp³-hybridized carbons (Fsp3) is 0.222. The predicted molar refractivity (Wildman–Crippen MR) is 51.2 cm³/mol. The first kappa shape index (κ1) is 14.8. The Labute approximate surface area is 99.9 Å². The summed E-state index contributed by atoms with van der Waals surface area (Å²) in [6, 6.07) is 0. The van der Waals surface area contributed by atoms with Crippen LogP contribution in [0.3, 0.4) is 0 Å². The molecule has 1 rings (SSSR count). The van der Waals surface area contributed by atoms with Gasteiger partial charge in [-0.25, -0.2) is 30.4 Å². The minimum Gasteiger partial charge on any atom is -0.207 e. The van der Waals surface area contributed by atoms with Gasteiger partial charge in [0.2, 0.25) is 15.8 Å². The lowest BCUT2D eigenvalue weighted by Gasteiger charge is -2.16. The number of benzene rings is 1. The second kappa shape index (κ2) is 4.81. The summed E-state index contributed by atoms with van der Waals surface area (Å²) in [5.41, 5.74) is 0. The minimum atomic E-state index is -4.89. The first-order chi connectivity index (χ1) is 8.16. The van der Waals surface area contributed by atoms with Gasteiger partial charge in [0, 0.05) is 13.6 Å². The molecule has 0 atom stereocenters. The van der Waals surface area contributed by atoms with E-state index in [9.17, 15) is 30.4 Å². The van der Waals surface area contributed by atoms with E-state index in [2.05, 4.69) is 7.05 Å². The van der Waals surface area contributed by atoms with Crippen molar-refractivity contribution >= 4 is 10.0 Å². The van der Waals surface area contributed by atoms with E-state index in [-0.39, 0.29) is 10.8 Å². The van der Waals surface area contributed by atoms with Gasteiger partial charge in [0.05, 0.1) is 0 Å². The van der Waals surface area contributed by atoms with E-state index in [0.29, 0.717) is 0 Å². The van der Waals surface area contributed by atoms with Crippen LogP contribution in [0.15, 0.2) is 4.90 Å². The molecule has 0 aliphatic rings. The van der Waals surface area contributed by atoms with Crippen LogP contribution in [-0.4, -0.2) is 19.3 Å². The number of hydrogen-bond donors (Lipinski definition) is 0. The molecule has 0 aliphatic heterocycles. The van der Waals surface area contributed by atoms with Gasteiger partial charge in [-0.1, -0.05) is 6.92 Å². The molecule has 0 aromatic heterocycles. The van der Waals surface area contributed by atoms with E-state index in [4.69, 9.17) is 0 Å². The maximum atomic E-state index is 13.2. The fourth-order valence-electron chi connectivity index (χ4n) is 1.11. The van der Waals surface area contributed by atoms with Gasteiger partial charge in [0.25, 0.3) is 0 Å². The molecule has 18 heavy (non-hydrogen) atoms. The monoisotopic (exact) mass is 288 g/mol. The average molecular weight is 288 g/mol. The van der Waals surface area contributed by atoms with Crippen molar-refractivity contribution in [2.45, 2.75) is 11.8 Å². The number of hydrogen-bond acceptors (Lipinski definition) is 2. The third-order valence-electron chi connectivity index (χ3n) is 2.12. The number of rotatable bonds is 3. The molecule has 0 amide bonds. The highest BCUT2D eigenvalue weighted by Gasteiger charge is 2.35. The molecule has 1 radical (unpaired) electrons. The van der Waals surface area contributed by atoms with Gasteiger partial charge < -0.3 is 0 Å². The van der Waals surface area contributed by atoms with Crippen molar-refractivity contribution in [1.29, 1.82) is 0 Å². The van der Waals surface area contributed by atoms with Crippen LogP contribution in [0.4, 0.5) is 22.0 Å². The average Bonchev–Trinajstić information content (AvgIpc) is 2.32. The van der Waals surface area contributed by atoms with Gasteiger partial charge in [0.1, 0.15) is 0 Å². The molecule has 101 valence electrons. The highest BCUT2D eigenvalue weighted by molar-refractivity contribution is 7.89. The normalized spacial score (nSPS) is 12.2. The zero-order valence-corrected chi connectivity index (χ0v) is 9.79. The Balaban J connectivity index is 3.73. The Morgan fingerprint density at radius 2 is 1.28 bits per heavy atom. The molecule has 1 aromatic rings. The van der Waals surface area contributed by atoms with Gasteiger partial charge >= 0.3 is 0 Å². The Hall–Kier alpha value is -1.22. The van der Waals surface area contributed by atoms with Crippen molar-refractivity contribution in [2.24, 2.45) is 0 Å². The molecule has 1 aromatic carbocycles. The number of nitrogens with zero attached hydrogens (tertiary/aromatic N) is 1. The molecule has 0 bridgehead atoms. The maximum absolute atomic E-state index is 13.2. The van der Waals surface area contributed by atoms with Crippen molar-refractivity contribution in [1.82, 2.24) is 4.31 Å². The zero-order chi connectivity index (χ0) is 14.2. The third-order valence-corrected chi connectivity index (χ3v) is 3.93. The summed E-state index contributed by atoms with van der Waals surface area (Å²) in [5.74, 6) is -11.9. The summed E-state index contributed by atoms with van der Waals surface area (Å²) in [5, 5.41) is 0. The zero-order valence-electron chi connectivity index (χ0n) is 8.98. The first-order valence-corrected chi connectivity index (χ1v) is 5.94. The summed E-state index contributed by atoms with van der Waals surface area (Å²) in [6.45, 7) is 0.971. The fourth-order valence-corrected chi connectivity index (χ4v) is 2.34. The van der Waals surface area contributed by atoms with Crippen molar-refractivity contribution in [3.05, 3.63) is 36.1 Å². The summed E-state index contributed by atoms with van der Waals surface area (Å²) in [6.07, 6.45) is 0. The van der Waals surface area contributed by atoms with Crippen LogP contribution >= 0.6 is 0 Å². The Morgan fingerprint density at radius 1 is 0.944 bits per heavy atom. The predicted octanol–water partition coefficient (Wildman–Crippen LogP) is 2.18. The quantitative estimate of drug-likeness (QED) is 0.486. The maximum Gasteiger partial charge on any atom is 0.249 e. The standard InChI is InChI=1S/C9H7F5NO2S/c1-3-15(2)18(16,17)9-7(13)5(11)4(10)6(12)8(9)14/h2-3H2,1H3. The summed E-state index contributed by atoms with van der Waals surface area (Å²) in [4.78, 5) is -1.91. The molecule has 0 fully saturated rings. The van der Waals surface area contributed by atoms with Crippen LogP contribution in [0, 0.1) is 36.1 Å². The molecule has 0 spiro atoms. The topological polar surface area (TPSA) is 37.4 Å². The number of sulfonamides is 1. The molecule has 9 heteroatoms. The first-order valence-electron chi connectivity index (χ1n) is 4.50. The second-order valence-corrected chi connectivity index (χ2v) is 5.05. The van der Waals surface area contributed by atoms with Crippen molar-refractivity contribution in [3.63, 3.8) is 0 Å². The minimum absolute atomic E-state index is 0.214. The molecular formula is C9H7F5NO2S. The lowest BCUT2D eigenvalue weighted by atomic mass is 10.3. The van der Waals surface area contributed by atoms with Crippen molar-refractivity contribution in [2.75, 3.05) is 6.54 Å². The van der Waals surface area contributed by atoms with Crippen molar-refractivity contribution < 1.29 is 30.4 Å². The number of halogens is 5. The van der Waals surface area contributed by atoms with Crippen LogP contribution in [0.1, 0.15) is 6.92 Å². The van der Waals surface area contributed by atoms with E-state index in [1.54, 1.807) is 0 Å². The van der Waals surface area contributed by atoms with E-state index in [1.807, 2.05) is 0 Å². The van der Waals surface area contributed by atoms with Gasteiger partial charge in [-0.3, -0.25) is 0 Å². The molecule has 0 N–H and O–H groups in total.